The average molecular weight is 372 g/mol. The van der Waals surface area contributed by atoms with Crippen LogP contribution in [0.2, 0.25) is 0 Å². The summed E-state index contributed by atoms with van der Waals surface area (Å²) in [5.41, 5.74) is 0. The van der Waals surface area contributed by atoms with Gasteiger partial charge in [0, 0.05) is 0 Å². The fourth-order valence-corrected chi connectivity index (χ4v) is 2.78. The van der Waals surface area contributed by atoms with Crippen LogP contribution in [0.5, 0.6) is 0 Å². The minimum Gasteiger partial charge on any atom is -0.464 e. The number of rotatable bonds is 17. The third-order valence-electron chi connectivity index (χ3n) is 4.33. The van der Waals surface area contributed by atoms with Crippen molar-refractivity contribution < 1.29 is 19.1 Å². The molecule has 0 bridgehead atoms. The summed E-state index contributed by atoms with van der Waals surface area (Å²) in [6.45, 7) is 6.93. The van der Waals surface area contributed by atoms with Crippen LogP contribution in [0.1, 0.15) is 104 Å². The van der Waals surface area contributed by atoms with E-state index in [0.29, 0.717) is 19.6 Å². The molecular formula is C21H41NO4. The molecule has 5 nitrogen and oxygen atoms in total. The topological polar surface area (TPSA) is 64.6 Å². The van der Waals surface area contributed by atoms with E-state index < -0.39 is 12.1 Å². The minimum atomic E-state index is -0.604. The van der Waals surface area contributed by atoms with Gasteiger partial charge in [0.05, 0.1) is 13.2 Å². The van der Waals surface area contributed by atoms with Crippen LogP contribution in [0.25, 0.3) is 0 Å². The van der Waals surface area contributed by atoms with Crippen LogP contribution in [0.15, 0.2) is 0 Å². The lowest BCUT2D eigenvalue weighted by Crippen LogP contribution is -2.42. The SMILES string of the molecule is CCCCCCCCCCCCOC(=O)C(CCC)NC(=O)OCCC. The number of ether oxygens (including phenoxy) is 2. The molecule has 26 heavy (non-hydrogen) atoms. The van der Waals surface area contributed by atoms with E-state index in [-0.39, 0.29) is 5.97 Å². The van der Waals surface area contributed by atoms with Crippen molar-refractivity contribution in [2.45, 2.75) is 110 Å². The fraction of sp³-hybridized carbons (Fsp3) is 0.905. The molecule has 1 N–H and O–H groups in total. The molecule has 1 amide bonds. The van der Waals surface area contributed by atoms with Gasteiger partial charge in [0.2, 0.25) is 0 Å². The second kappa shape index (κ2) is 18.5. The molecule has 1 unspecified atom stereocenters. The lowest BCUT2D eigenvalue weighted by molar-refractivity contribution is -0.146. The summed E-state index contributed by atoms with van der Waals surface area (Å²) >= 11 is 0. The molecule has 0 spiro atoms. The summed E-state index contributed by atoms with van der Waals surface area (Å²) in [6.07, 6.45) is 14.1. The van der Waals surface area contributed by atoms with Crippen molar-refractivity contribution in [3.8, 4) is 0 Å². The second-order valence-electron chi connectivity index (χ2n) is 6.97. The molecule has 0 heterocycles. The number of amides is 1. The van der Waals surface area contributed by atoms with Gasteiger partial charge in [0.1, 0.15) is 6.04 Å². The van der Waals surface area contributed by atoms with Crippen molar-refractivity contribution >= 4 is 12.1 Å². The number of nitrogens with one attached hydrogen (secondary N) is 1. The average Bonchev–Trinajstić information content (AvgIpc) is 2.63. The summed E-state index contributed by atoms with van der Waals surface area (Å²) in [7, 11) is 0. The largest absolute Gasteiger partial charge is 0.464 e. The van der Waals surface area contributed by atoms with Crippen molar-refractivity contribution in [3.05, 3.63) is 0 Å². The Morgan fingerprint density at radius 3 is 1.81 bits per heavy atom. The fourth-order valence-electron chi connectivity index (χ4n) is 2.78. The smallest absolute Gasteiger partial charge is 0.407 e. The Kier molecular flexibility index (Phi) is 17.6. The van der Waals surface area contributed by atoms with E-state index in [1.165, 1.54) is 51.4 Å². The van der Waals surface area contributed by atoms with E-state index in [9.17, 15) is 9.59 Å². The normalized spacial score (nSPS) is 11.8. The number of hydrogen-bond acceptors (Lipinski definition) is 4. The zero-order chi connectivity index (χ0) is 19.5. The molecule has 154 valence electrons. The van der Waals surface area contributed by atoms with E-state index in [4.69, 9.17) is 9.47 Å². The first-order valence-corrected chi connectivity index (χ1v) is 10.8. The van der Waals surface area contributed by atoms with Crippen LogP contribution in [0.4, 0.5) is 4.79 Å². The molecule has 0 rings (SSSR count). The Bertz CT molecular complexity index is 347. The number of alkyl carbamates (subject to hydrolysis) is 1. The number of carbonyl (C=O) groups excluding carboxylic acids is 2. The van der Waals surface area contributed by atoms with Gasteiger partial charge in [-0.2, -0.15) is 0 Å². The van der Waals surface area contributed by atoms with Crippen molar-refractivity contribution in [1.82, 2.24) is 5.32 Å². The molecule has 1 atom stereocenters. The van der Waals surface area contributed by atoms with E-state index in [1.54, 1.807) is 0 Å². The molecular weight excluding hydrogens is 330 g/mol. The Hall–Kier alpha value is -1.26. The minimum absolute atomic E-state index is 0.351. The highest BCUT2D eigenvalue weighted by Crippen LogP contribution is 2.10. The lowest BCUT2D eigenvalue weighted by Gasteiger charge is -2.16. The first kappa shape index (κ1) is 24.7. The van der Waals surface area contributed by atoms with Crippen molar-refractivity contribution in [2.75, 3.05) is 13.2 Å². The molecule has 0 fully saturated rings. The quantitative estimate of drug-likeness (QED) is 0.261. The monoisotopic (exact) mass is 371 g/mol. The van der Waals surface area contributed by atoms with Crippen LogP contribution in [-0.4, -0.2) is 31.3 Å². The van der Waals surface area contributed by atoms with E-state index in [2.05, 4.69) is 12.2 Å². The maximum absolute atomic E-state index is 12.1. The molecule has 0 aliphatic heterocycles. The van der Waals surface area contributed by atoms with Gasteiger partial charge in [-0.05, 0) is 19.3 Å². The molecule has 0 radical (unpaired) electrons. The van der Waals surface area contributed by atoms with Gasteiger partial charge in [0.25, 0.3) is 0 Å². The Morgan fingerprint density at radius 1 is 0.692 bits per heavy atom. The van der Waals surface area contributed by atoms with E-state index >= 15 is 0 Å². The zero-order valence-electron chi connectivity index (χ0n) is 17.3. The molecule has 0 saturated carbocycles. The Labute approximate surface area is 160 Å². The second-order valence-corrected chi connectivity index (χ2v) is 6.97. The summed E-state index contributed by atoms with van der Waals surface area (Å²) < 4.78 is 10.3. The number of carbonyl (C=O) groups is 2. The Balaban J connectivity index is 3.71. The highest BCUT2D eigenvalue weighted by molar-refractivity contribution is 5.81. The van der Waals surface area contributed by atoms with E-state index in [1.807, 2.05) is 13.8 Å². The van der Waals surface area contributed by atoms with Crippen LogP contribution >= 0.6 is 0 Å². The molecule has 0 aromatic heterocycles. The van der Waals surface area contributed by atoms with Crippen molar-refractivity contribution in [3.63, 3.8) is 0 Å². The predicted octanol–water partition coefficient (Wildman–Crippen LogP) is 5.76. The molecule has 0 aromatic rings. The van der Waals surface area contributed by atoms with Gasteiger partial charge in [-0.15, -0.1) is 0 Å². The number of esters is 1. The third-order valence-corrected chi connectivity index (χ3v) is 4.33. The van der Waals surface area contributed by atoms with Crippen molar-refractivity contribution in [2.24, 2.45) is 0 Å². The first-order chi connectivity index (χ1) is 12.7. The maximum atomic E-state index is 12.1. The highest BCUT2D eigenvalue weighted by atomic mass is 16.6. The van der Waals surface area contributed by atoms with Crippen LogP contribution in [-0.2, 0) is 14.3 Å². The molecule has 0 aliphatic carbocycles. The van der Waals surface area contributed by atoms with Gasteiger partial charge in [-0.1, -0.05) is 85.0 Å². The number of hydrogen-bond donors (Lipinski definition) is 1. The predicted molar refractivity (Wildman–Crippen MR) is 106 cm³/mol. The van der Waals surface area contributed by atoms with Gasteiger partial charge >= 0.3 is 12.1 Å². The summed E-state index contributed by atoms with van der Waals surface area (Å²) in [5.74, 6) is -0.351. The highest BCUT2D eigenvalue weighted by Gasteiger charge is 2.21. The lowest BCUT2D eigenvalue weighted by atomic mass is 10.1. The van der Waals surface area contributed by atoms with Crippen LogP contribution in [0, 0.1) is 0 Å². The van der Waals surface area contributed by atoms with Crippen molar-refractivity contribution in [1.29, 1.82) is 0 Å². The van der Waals surface area contributed by atoms with Gasteiger partial charge in [0.15, 0.2) is 0 Å². The van der Waals surface area contributed by atoms with E-state index in [0.717, 1.165) is 25.7 Å². The standard InChI is InChI=1S/C21H41NO4/c1-4-7-8-9-10-11-12-13-14-15-18-25-20(23)19(16-5-2)22-21(24)26-17-6-3/h19H,4-18H2,1-3H3,(H,22,24). The van der Waals surface area contributed by atoms with Crippen LogP contribution in [0.3, 0.4) is 0 Å². The summed E-state index contributed by atoms with van der Waals surface area (Å²) in [5, 5.41) is 2.61. The summed E-state index contributed by atoms with van der Waals surface area (Å²) in [6, 6.07) is -0.604. The molecule has 0 aromatic carbocycles. The maximum Gasteiger partial charge on any atom is 0.407 e. The Morgan fingerprint density at radius 2 is 1.27 bits per heavy atom. The van der Waals surface area contributed by atoms with Gasteiger partial charge in [-0.3, -0.25) is 0 Å². The van der Waals surface area contributed by atoms with Gasteiger partial charge in [-0.25, -0.2) is 9.59 Å². The first-order valence-electron chi connectivity index (χ1n) is 10.8. The number of unbranched alkanes of at least 4 members (excludes halogenated alkanes) is 9. The summed E-state index contributed by atoms with van der Waals surface area (Å²) in [4.78, 5) is 23.7. The molecule has 0 saturated heterocycles. The molecule has 0 aliphatic rings. The van der Waals surface area contributed by atoms with Gasteiger partial charge < -0.3 is 14.8 Å². The zero-order valence-corrected chi connectivity index (χ0v) is 17.3. The van der Waals surface area contributed by atoms with Crippen LogP contribution < -0.4 is 5.32 Å². The third kappa shape index (κ3) is 15.0. The molecule has 5 heteroatoms.